The zero-order chi connectivity index (χ0) is 19.5. The quantitative estimate of drug-likeness (QED) is 0.362. The van der Waals surface area contributed by atoms with Crippen molar-refractivity contribution in [2.45, 2.75) is 0 Å². The molecule has 0 amide bonds. The fourth-order valence-corrected chi connectivity index (χ4v) is 7.41. The first-order valence-electron chi connectivity index (χ1n) is 9.89. The van der Waals surface area contributed by atoms with Crippen LogP contribution in [0.2, 0.25) is 0 Å². The van der Waals surface area contributed by atoms with Crippen LogP contribution in [-0.2, 0) is 0 Å². The van der Waals surface area contributed by atoms with Crippen LogP contribution in [0.4, 0.5) is 0 Å². The van der Waals surface area contributed by atoms with Crippen molar-refractivity contribution in [3.8, 4) is 0 Å². The molecule has 0 saturated heterocycles. The molecule has 0 radical (unpaired) electrons. The van der Waals surface area contributed by atoms with Crippen molar-refractivity contribution in [2.24, 2.45) is 0 Å². The second-order valence-corrected chi connectivity index (χ2v) is 9.71. The zero-order valence-corrected chi connectivity index (χ0v) is 18.1. The molecule has 0 fully saturated rings. The molecular weight excluding hydrogens is 409 g/mol. The van der Waals surface area contributed by atoms with Crippen LogP contribution >= 0.6 is 0 Å². The number of rotatable bonds is 4. The molecule has 5 rings (SSSR count). The molecule has 0 saturated carbocycles. The molecule has 1 aliphatic heterocycles. The summed E-state index contributed by atoms with van der Waals surface area (Å²) in [5, 5.41) is 0. The van der Waals surface area contributed by atoms with Gasteiger partial charge in [-0.1, -0.05) is 0 Å². The van der Waals surface area contributed by atoms with Gasteiger partial charge in [-0.05, 0) is 0 Å². The van der Waals surface area contributed by atoms with E-state index in [4.69, 9.17) is 0 Å². The van der Waals surface area contributed by atoms with Crippen molar-refractivity contribution in [3.05, 3.63) is 144 Å². The molecule has 0 unspecified atom stereocenters. The van der Waals surface area contributed by atoms with Crippen LogP contribution in [0.3, 0.4) is 0 Å². The van der Waals surface area contributed by atoms with Gasteiger partial charge in [-0.25, -0.2) is 0 Å². The van der Waals surface area contributed by atoms with Gasteiger partial charge in [0, 0.05) is 0 Å². The summed E-state index contributed by atoms with van der Waals surface area (Å²) < 4.78 is 3.05. The Morgan fingerprint density at radius 1 is 0.310 bits per heavy atom. The van der Waals surface area contributed by atoms with E-state index < -0.39 is 14.6 Å². The molecular formula is C28H20Ge. The van der Waals surface area contributed by atoms with Gasteiger partial charge in [0.25, 0.3) is 0 Å². The third kappa shape index (κ3) is 3.52. The van der Waals surface area contributed by atoms with Gasteiger partial charge in [-0.3, -0.25) is 0 Å². The van der Waals surface area contributed by atoms with Gasteiger partial charge in [0.2, 0.25) is 0 Å². The van der Waals surface area contributed by atoms with Gasteiger partial charge >= 0.3 is 178 Å². The Labute approximate surface area is 177 Å². The average molecular weight is 429 g/mol. The van der Waals surface area contributed by atoms with Crippen molar-refractivity contribution < 1.29 is 0 Å². The van der Waals surface area contributed by atoms with Crippen LogP contribution in [-0.4, -0.2) is 23.3 Å². The molecule has 0 nitrogen and oxygen atoms in total. The molecule has 29 heavy (non-hydrogen) atoms. The van der Waals surface area contributed by atoms with Gasteiger partial charge in [-0.2, -0.15) is 0 Å². The summed E-state index contributed by atoms with van der Waals surface area (Å²) in [5.41, 5.74) is 8.12. The summed E-state index contributed by atoms with van der Waals surface area (Å²) in [5.74, 6) is 0. The maximum atomic E-state index is 2.26. The van der Waals surface area contributed by atoms with Crippen LogP contribution in [0.5, 0.6) is 0 Å². The van der Waals surface area contributed by atoms with E-state index in [2.05, 4.69) is 121 Å². The van der Waals surface area contributed by atoms with E-state index in [1.165, 1.54) is 42.1 Å². The summed E-state index contributed by atoms with van der Waals surface area (Å²) >= 11 is -0.490. The Bertz CT molecular complexity index is 1130. The fraction of sp³-hybridized carbons (Fsp3) is 0. The van der Waals surface area contributed by atoms with Crippen molar-refractivity contribution in [1.29, 1.82) is 0 Å². The Balaban J connectivity index is 1.85. The van der Waals surface area contributed by atoms with E-state index in [1.54, 1.807) is 0 Å². The van der Waals surface area contributed by atoms with Gasteiger partial charge in [-0.15, -0.1) is 0 Å². The van der Waals surface area contributed by atoms with Crippen molar-refractivity contribution >= 4 is 34.4 Å². The van der Waals surface area contributed by atoms with Crippen LogP contribution in [0.25, 0.3) is 11.1 Å². The van der Waals surface area contributed by atoms with E-state index in [9.17, 15) is 0 Å². The monoisotopic (exact) mass is 430 g/mol. The summed E-state index contributed by atoms with van der Waals surface area (Å²) in [6.45, 7) is 0. The standard InChI is InChI=1S/C28H20Ge/c1-5-13-21(14-6-1)25-26(22-15-7-2-8-16-22)28(24-19-11-4-12-20-24)29-27(25)23-17-9-3-10-18-23/h1-20H. The van der Waals surface area contributed by atoms with E-state index in [0.29, 0.717) is 0 Å². The van der Waals surface area contributed by atoms with Crippen LogP contribution in [0, 0.1) is 0 Å². The van der Waals surface area contributed by atoms with Gasteiger partial charge in [0.15, 0.2) is 0 Å². The van der Waals surface area contributed by atoms with Crippen molar-refractivity contribution in [2.75, 3.05) is 0 Å². The van der Waals surface area contributed by atoms with Crippen LogP contribution in [0.1, 0.15) is 22.3 Å². The molecule has 136 valence electrons. The van der Waals surface area contributed by atoms with Crippen LogP contribution < -0.4 is 0 Å². The Morgan fingerprint density at radius 3 is 0.897 bits per heavy atom. The maximum absolute atomic E-state index is 2.26. The Morgan fingerprint density at radius 2 is 0.586 bits per heavy atom. The zero-order valence-electron chi connectivity index (χ0n) is 16.0. The van der Waals surface area contributed by atoms with Gasteiger partial charge in [0.05, 0.1) is 0 Å². The molecule has 4 aromatic rings. The summed E-state index contributed by atoms with van der Waals surface area (Å²) in [7, 11) is 0. The first-order chi connectivity index (χ1) is 14.4. The second-order valence-electron chi connectivity index (χ2n) is 7.09. The van der Waals surface area contributed by atoms with Gasteiger partial charge < -0.3 is 0 Å². The molecule has 1 heterocycles. The van der Waals surface area contributed by atoms with Gasteiger partial charge in [0.1, 0.15) is 0 Å². The number of benzene rings is 4. The molecule has 1 aliphatic rings. The predicted molar refractivity (Wildman–Crippen MR) is 127 cm³/mol. The normalized spacial score (nSPS) is 13.2. The molecule has 0 N–H and O–H groups in total. The Kier molecular flexibility index (Phi) is 5.02. The topological polar surface area (TPSA) is 0 Å². The number of hydrogen-bond donors (Lipinski definition) is 0. The molecule has 4 aromatic carbocycles. The molecule has 0 aromatic heterocycles. The average Bonchev–Trinajstić information content (AvgIpc) is 3.22. The first-order valence-corrected chi connectivity index (χ1v) is 12.0. The fourth-order valence-electron chi connectivity index (χ4n) is 3.93. The van der Waals surface area contributed by atoms with E-state index in [-0.39, 0.29) is 0 Å². The van der Waals surface area contributed by atoms with Crippen molar-refractivity contribution in [1.82, 2.24) is 0 Å². The minimum atomic E-state index is -0.490. The Hall–Kier alpha value is -3.10. The predicted octanol–water partition coefficient (Wildman–Crippen LogP) is 5.76. The number of allylic oxidation sites excluding steroid dienone is 2. The molecule has 0 spiro atoms. The molecule has 0 bridgehead atoms. The van der Waals surface area contributed by atoms with E-state index in [0.717, 1.165) is 0 Å². The summed E-state index contributed by atoms with van der Waals surface area (Å²) in [6, 6.07) is 43.7. The van der Waals surface area contributed by atoms with E-state index >= 15 is 0 Å². The molecule has 1 heteroatoms. The minimum absolute atomic E-state index is 0.490. The summed E-state index contributed by atoms with van der Waals surface area (Å²) in [6.07, 6.45) is 0. The summed E-state index contributed by atoms with van der Waals surface area (Å²) in [4.78, 5) is 0. The second kappa shape index (κ2) is 8.10. The van der Waals surface area contributed by atoms with E-state index in [1.807, 2.05) is 0 Å². The molecule has 0 atom stereocenters. The SMILES string of the molecule is c1ccc([C]2=[Ge]=[C](c3ccccc3)C(c3ccccc3)=C2c2ccccc2)cc1. The third-order valence-corrected chi connectivity index (χ3v) is 8.56. The number of hydrogen-bond acceptors (Lipinski definition) is 0. The first kappa shape index (κ1) is 18.0. The van der Waals surface area contributed by atoms with Crippen molar-refractivity contribution in [3.63, 3.8) is 0 Å². The molecule has 0 aliphatic carbocycles. The third-order valence-electron chi connectivity index (χ3n) is 5.25. The van der Waals surface area contributed by atoms with Crippen LogP contribution in [0.15, 0.2) is 121 Å².